The highest BCUT2D eigenvalue weighted by atomic mass is 35.5. The number of hydrogen-bond acceptors (Lipinski definition) is 3. The number of hydrogen-bond donors (Lipinski definition) is 1. The number of carbonyl (C=O) groups excluding carboxylic acids is 1. The number of alkyl halides is 1. The van der Waals surface area contributed by atoms with Gasteiger partial charge in [0.25, 0.3) is 5.91 Å². The van der Waals surface area contributed by atoms with E-state index < -0.39 is 5.54 Å². The van der Waals surface area contributed by atoms with Gasteiger partial charge in [-0.25, -0.2) is 9.97 Å². The van der Waals surface area contributed by atoms with E-state index in [4.69, 9.17) is 11.6 Å². The van der Waals surface area contributed by atoms with Crippen molar-refractivity contribution in [1.82, 2.24) is 15.3 Å². The van der Waals surface area contributed by atoms with Gasteiger partial charge in [-0.2, -0.15) is 0 Å². The van der Waals surface area contributed by atoms with E-state index >= 15 is 0 Å². The van der Waals surface area contributed by atoms with Crippen molar-refractivity contribution in [3.8, 4) is 0 Å². The van der Waals surface area contributed by atoms with Gasteiger partial charge in [-0.05, 0) is 13.8 Å². The predicted molar refractivity (Wildman–Crippen MR) is 54.3 cm³/mol. The van der Waals surface area contributed by atoms with Crippen molar-refractivity contribution in [3.05, 3.63) is 24.3 Å². The first-order valence-corrected chi connectivity index (χ1v) is 4.72. The fraction of sp³-hybridized carbons (Fsp3) is 0.444. The molecule has 0 atom stereocenters. The van der Waals surface area contributed by atoms with Gasteiger partial charge < -0.3 is 5.32 Å². The first kappa shape index (κ1) is 10.9. The number of nitrogens with one attached hydrogen (secondary N) is 1. The average Bonchev–Trinajstić information content (AvgIpc) is 2.19. The molecule has 1 aromatic rings. The molecule has 0 fully saturated rings. The molecule has 4 nitrogen and oxygen atoms in total. The molecule has 14 heavy (non-hydrogen) atoms. The maximum atomic E-state index is 11.6. The molecule has 0 unspecified atom stereocenters. The van der Waals surface area contributed by atoms with Gasteiger partial charge in [0, 0.05) is 23.8 Å². The van der Waals surface area contributed by atoms with Crippen LogP contribution in [-0.2, 0) is 0 Å². The minimum absolute atomic E-state index is 0.212. The number of rotatable bonds is 3. The van der Waals surface area contributed by atoms with E-state index in [0.29, 0.717) is 11.4 Å². The first-order chi connectivity index (χ1) is 6.55. The van der Waals surface area contributed by atoms with Crippen LogP contribution in [0.4, 0.5) is 0 Å². The van der Waals surface area contributed by atoms with Crippen molar-refractivity contribution < 1.29 is 4.79 Å². The summed E-state index contributed by atoms with van der Waals surface area (Å²) in [6, 6.07) is 0. The number of aromatic nitrogens is 2. The molecule has 0 saturated heterocycles. The molecule has 1 rings (SSSR count). The highest BCUT2D eigenvalue weighted by molar-refractivity contribution is 6.18. The summed E-state index contributed by atoms with van der Waals surface area (Å²) >= 11 is 5.68. The summed E-state index contributed by atoms with van der Waals surface area (Å²) in [4.78, 5) is 19.1. The second-order valence-corrected chi connectivity index (χ2v) is 3.87. The van der Waals surface area contributed by atoms with Gasteiger partial charge in [0.05, 0.1) is 5.56 Å². The summed E-state index contributed by atoms with van der Waals surface area (Å²) in [6.45, 7) is 3.70. The Morgan fingerprint density at radius 1 is 1.50 bits per heavy atom. The molecule has 0 radical (unpaired) electrons. The van der Waals surface area contributed by atoms with Crippen molar-refractivity contribution in [2.75, 3.05) is 5.88 Å². The minimum atomic E-state index is -0.422. The molecule has 1 aromatic heterocycles. The zero-order chi connectivity index (χ0) is 10.6. The third kappa shape index (κ3) is 2.96. The molecule has 0 bridgehead atoms. The van der Waals surface area contributed by atoms with Crippen molar-refractivity contribution in [2.24, 2.45) is 0 Å². The molecule has 76 valence electrons. The Bertz CT molecular complexity index is 313. The predicted octanol–water partition coefficient (Wildman–Crippen LogP) is 1.22. The van der Waals surface area contributed by atoms with Crippen LogP contribution in [0.5, 0.6) is 0 Å². The molecular weight excluding hydrogens is 202 g/mol. The van der Waals surface area contributed by atoms with E-state index in [-0.39, 0.29) is 5.91 Å². The Morgan fingerprint density at radius 2 is 2.07 bits per heavy atom. The van der Waals surface area contributed by atoms with Gasteiger partial charge in [-0.1, -0.05) is 0 Å². The summed E-state index contributed by atoms with van der Waals surface area (Å²) in [6.07, 6.45) is 4.31. The van der Waals surface area contributed by atoms with Crippen molar-refractivity contribution in [1.29, 1.82) is 0 Å². The Labute approximate surface area is 87.7 Å². The number of halogens is 1. The van der Waals surface area contributed by atoms with E-state index in [9.17, 15) is 4.79 Å². The summed E-state index contributed by atoms with van der Waals surface area (Å²) in [5, 5.41) is 2.77. The SMILES string of the molecule is CC(C)(CCl)NC(=O)c1cncnc1. The Balaban J connectivity index is 2.69. The van der Waals surface area contributed by atoms with Crippen LogP contribution in [0.2, 0.25) is 0 Å². The van der Waals surface area contributed by atoms with Gasteiger partial charge in [-0.15, -0.1) is 11.6 Å². The number of amides is 1. The highest BCUT2D eigenvalue weighted by Crippen LogP contribution is 2.06. The average molecular weight is 214 g/mol. The lowest BCUT2D eigenvalue weighted by molar-refractivity contribution is 0.0919. The first-order valence-electron chi connectivity index (χ1n) is 4.19. The molecule has 0 aromatic carbocycles. The molecule has 0 aliphatic heterocycles. The standard InChI is InChI=1S/C9H12ClN3O/c1-9(2,5-10)13-8(14)7-3-11-6-12-4-7/h3-4,6H,5H2,1-2H3,(H,13,14). The normalized spacial score (nSPS) is 11.1. The number of carbonyl (C=O) groups is 1. The monoisotopic (exact) mass is 213 g/mol. The maximum Gasteiger partial charge on any atom is 0.254 e. The van der Waals surface area contributed by atoms with Crippen LogP contribution >= 0.6 is 11.6 Å². The van der Waals surface area contributed by atoms with Crippen molar-refractivity contribution in [2.45, 2.75) is 19.4 Å². The Hall–Kier alpha value is -1.16. The van der Waals surface area contributed by atoms with Crippen molar-refractivity contribution >= 4 is 17.5 Å². The van der Waals surface area contributed by atoms with Crippen LogP contribution in [-0.4, -0.2) is 27.3 Å². The Morgan fingerprint density at radius 3 is 2.57 bits per heavy atom. The zero-order valence-electron chi connectivity index (χ0n) is 8.12. The molecular formula is C9H12ClN3O. The minimum Gasteiger partial charge on any atom is -0.346 e. The summed E-state index contributed by atoms with van der Waals surface area (Å²) in [7, 11) is 0. The lowest BCUT2D eigenvalue weighted by atomic mass is 10.1. The topological polar surface area (TPSA) is 54.9 Å². The van der Waals surface area contributed by atoms with Crippen LogP contribution in [0, 0.1) is 0 Å². The second kappa shape index (κ2) is 4.37. The third-order valence-corrected chi connectivity index (χ3v) is 2.28. The summed E-state index contributed by atoms with van der Waals surface area (Å²) in [5.41, 5.74) is 0.0137. The van der Waals surface area contributed by atoms with E-state index in [1.54, 1.807) is 0 Å². The maximum absolute atomic E-state index is 11.6. The van der Waals surface area contributed by atoms with Crippen LogP contribution in [0.25, 0.3) is 0 Å². The van der Waals surface area contributed by atoms with Crippen LogP contribution in [0.15, 0.2) is 18.7 Å². The van der Waals surface area contributed by atoms with E-state index in [0.717, 1.165) is 0 Å². The fourth-order valence-electron chi connectivity index (χ4n) is 0.829. The van der Waals surface area contributed by atoms with Gasteiger partial charge in [0.2, 0.25) is 0 Å². The quantitative estimate of drug-likeness (QED) is 0.769. The molecule has 0 aliphatic carbocycles. The lowest BCUT2D eigenvalue weighted by Crippen LogP contribution is -2.44. The number of nitrogens with zero attached hydrogens (tertiary/aromatic N) is 2. The van der Waals surface area contributed by atoms with Crippen LogP contribution in [0.3, 0.4) is 0 Å². The van der Waals surface area contributed by atoms with Gasteiger partial charge in [-0.3, -0.25) is 4.79 Å². The molecule has 1 heterocycles. The van der Waals surface area contributed by atoms with E-state index in [2.05, 4.69) is 15.3 Å². The van der Waals surface area contributed by atoms with Crippen molar-refractivity contribution in [3.63, 3.8) is 0 Å². The zero-order valence-corrected chi connectivity index (χ0v) is 8.88. The van der Waals surface area contributed by atoms with Gasteiger partial charge >= 0.3 is 0 Å². The second-order valence-electron chi connectivity index (χ2n) is 3.60. The summed E-state index contributed by atoms with van der Waals surface area (Å²) < 4.78 is 0. The lowest BCUT2D eigenvalue weighted by Gasteiger charge is -2.22. The van der Waals surface area contributed by atoms with Crippen LogP contribution < -0.4 is 5.32 Å². The molecule has 1 N–H and O–H groups in total. The van der Waals surface area contributed by atoms with Crippen LogP contribution in [0.1, 0.15) is 24.2 Å². The van der Waals surface area contributed by atoms with Gasteiger partial charge in [0.1, 0.15) is 6.33 Å². The Kier molecular flexibility index (Phi) is 3.41. The molecule has 5 heteroatoms. The van der Waals surface area contributed by atoms with E-state index in [1.807, 2.05) is 13.8 Å². The molecule has 0 aliphatic rings. The molecule has 0 spiro atoms. The smallest absolute Gasteiger partial charge is 0.254 e. The van der Waals surface area contributed by atoms with Gasteiger partial charge in [0.15, 0.2) is 0 Å². The third-order valence-electron chi connectivity index (χ3n) is 1.61. The largest absolute Gasteiger partial charge is 0.346 e. The fourth-order valence-corrected chi connectivity index (χ4v) is 0.896. The molecule has 0 saturated carbocycles. The van der Waals surface area contributed by atoms with E-state index in [1.165, 1.54) is 18.7 Å². The molecule has 1 amide bonds. The highest BCUT2D eigenvalue weighted by Gasteiger charge is 2.19. The summed E-state index contributed by atoms with van der Waals surface area (Å²) in [5.74, 6) is 0.142.